The van der Waals surface area contributed by atoms with Crippen LogP contribution >= 0.6 is 0 Å². The maximum absolute atomic E-state index is 11.7. The van der Waals surface area contributed by atoms with E-state index in [2.05, 4.69) is 26.2 Å². The number of esters is 1. The molecule has 1 rings (SSSR count). The third kappa shape index (κ3) is 5.38. The quantitative estimate of drug-likeness (QED) is 0.429. The fourth-order valence-corrected chi connectivity index (χ4v) is 3.86. The van der Waals surface area contributed by atoms with Crippen LogP contribution in [0.5, 0.6) is 0 Å². The van der Waals surface area contributed by atoms with Crippen molar-refractivity contribution in [2.24, 2.45) is 0 Å². The average molecular weight is 300 g/mol. The molecular formula is C15H28O4Si. The van der Waals surface area contributed by atoms with Gasteiger partial charge < -0.3 is 14.2 Å². The van der Waals surface area contributed by atoms with E-state index in [9.17, 15) is 4.79 Å². The van der Waals surface area contributed by atoms with Crippen LogP contribution in [0.15, 0.2) is 12.2 Å². The molecule has 0 aromatic rings. The predicted molar refractivity (Wildman–Crippen MR) is 82.4 cm³/mol. The monoisotopic (exact) mass is 300 g/mol. The maximum atomic E-state index is 11.7. The molecule has 0 N–H and O–H groups in total. The highest BCUT2D eigenvalue weighted by Crippen LogP contribution is 2.30. The molecule has 0 aliphatic carbocycles. The van der Waals surface area contributed by atoms with Gasteiger partial charge >= 0.3 is 5.97 Å². The first-order valence-corrected chi connectivity index (χ1v) is 10.9. The van der Waals surface area contributed by atoms with Gasteiger partial charge in [0.1, 0.15) is 6.10 Å². The molecule has 2 atom stereocenters. The topological polar surface area (TPSA) is 44.8 Å². The van der Waals surface area contributed by atoms with Crippen molar-refractivity contribution in [1.29, 1.82) is 0 Å². The van der Waals surface area contributed by atoms with Crippen molar-refractivity contribution in [1.82, 2.24) is 0 Å². The second kappa shape index (κ2) is 6.41. The van der Waals surface area contributed by atoms with Crippen LogP contribution in [0.2, 0.25) is 25.7 Å². The van der Waals surface area contributed by atoms with Crippen molar-refractivity contribution < 1.29 is 19.0 Å². The Morgan fingerprint density at radius 3 is 2.45 bits per heavy atom. The summed E-state index contributed by atoms with van der Waals surface area (Å²) < 4.78 is 17.0. The summed E-state index contributed by atoms with van der Waals surface area (Å²) in [7, 11) is -1.32. The van der Waals surface area contributed by atoms with Gasteiger partial charge in [0, 0.05) is 14.5 Å². The number of carbonyl (C=O) groups excluding carboxylic acids is 1. The zero-order valence-electron chi connectivity index (χ0n) is 13.6. The van der Waals surface area contributed by atoms with E-state index >= 15 is 0 Å². The normalized spacial score (nSPS) is 23.4. The van der Waals surface area contributed by atoms with Gasteiger partial charge in [-0.25, -0.2) is 0 Å². The lowest BCUT2D eigenvalue weighted by Crippen LogP contribution is -2.38. The fraction of sp³-hybridized carbons (Fsp3) is 0.800. The Morgan fingerprint density at radius 1 is 1.45 bits per heavy atom. The van der Waals surface area contributed by atoms with E-state index in [1.54, 1.807) is 6.92 Å². The Kier molecular flexibility index (Phi) is 5.58. The molecule has 4 nitrogen and oxygen atoms in total. The van der Waals surface area contributed by atoms with E-state index in [-0.39, 0.29) is 12.1 Å². The van der Waals surface area contributed by atoms with E-state index in [0.29, 0.717) is 13.0 Å². The highest BCUT2D eigenvalue weighted by molar-refractivity contribution is 6.76. The first-order chi connectivity index (χ1) is 9.04. The molecule has 1 saturated heterocycles. The van der Waals surface area contributed by atoms with Crippen LogP contribution in [0.1, 0.15) is 27.2 Å². The van der Waals surface area contributed by atoms with Gasteiger partial charge in [-0.3, -0.25) is 4.79 Å². The lowest BCUT2D eigenvalue weighted by atomic mass is 10.1. The Morgan fingerprint density at radius 2 is 2.05 bits per heavy atom. The number of carbonyl (C=O) groups is 1. The van der Waals surface area contributed by atoms with Crippen LogP contribution in [0.25, 0.3) is 0 Å². The number of hydrogen-bond acceptors (Lipinski definition) is 4. The molecule has 20 heavy (non-hydrogen) atoms. The molecule has 1 aliphatic heterocycles. The highest BCUT2D eigenvalue weighted by Gasteiger charge is 2.40. The highest BCUT2D eigenvalue weighted by atomic mass is 28.3. The van der Waals surface area contributed by atoms with Crippen LogP contribution in [0.4, 0.5) is 0 Å². The molecule has 1 fully saturated rings. The lowest BCUT2D eigenvalue weighted by molar-refractivity contribution is -0.166. The second-order valence-corrected chi connectivity index (χ2v) is 12.5. The molecule has 1 aliphatic rings. The van der Waals surface area contributed by atoms with Crippen molar-refractivity contribution in [2.45, 2.75) is 70.9 Å². The Bertz CT molecular complexity index is 371. The maximum Gasteiger partial charge on any atom is 0.306 e. The zero-order chi connectivity index (χ0) is 15.6. The summed E-state index contributed by atoms with van der Waals surface area (Å²) in [4.78, 5) is 11.7. The van der Waals surface area contributed by atoms with Crippen molar-refractivity contribution in [2.75, 3.05) is 6.61 Å². The van der Waals surface area contributed by atoms with Gasteiger partial charge in [0.05, 0.1) is 6.61 Å². The van der Waals surface area contributed by atoms with E-state index in [0.717, 1.165) is 11.6 Å². The van der Waals surface area contributed by atoms with E-state index in [4.69, 9.17) is 14.2 Å². The van der Waals surface area contributed by atoms with Gasteiger partial charge in [0.15, 0.2) is 11.9 Å². The van der Waals surface area contributed by atoms with Crippen LogP contribution in [-0.2, 0) is 19.0 Å². The molecule has 0 bridgehead atoms. The number of ether oxygens (including phenoxy) is 3. The third-order valence-electron chi connectivity index (χ3n) is 3.07. The molecule has 0 aromatic heterocycles. The van der Waals surface area contributed by atoms with Crippen LogP contribution in [-0.4, -0.2) is 38.6 Å². The Labute approximate surface area is 123 Å². The molecule has 0 radical (unpaired) electrons. The first-order valence-electron chi connectivity index (χ1n) is 7.23. The molecular weight excluding hydrogens is 272 g/mol. The molecule has 0 aromatic carbocycles. The van der Waals surface area contributed by atoms with Gasteiger partial charge in [-0.05, 0) is 25.5 Å². The van der Waals surface area contributed by atoms with E-state index in [1.807, 2.05) is 13.8 Å². The summed E-state index contributed by atoms with van der Waals surface area (Å²) in [6.07, 6.45) is -0.312. The Balaban J connectivity index is 2.80. The van der Waals surface area contributed by atoms with Gasteiger partial charge in [-0.2, -0.15) is 0 Å². The van der Waals surface area contributed by atoms with Crippen LogP contribution in [0, 0.1) is 0 Å². The molecule has 0 saturated carbocycles. The SMILES string of the molecule is C=C(C[Si](C)(C)C)C(OC(=O)CC)C1COC(C)(C)O1. The Hall–Kier alpha value is -0.653. The summed E-state index contributed by atoms with van der Waals surface area (Å²) in [6, 6.07) is 0.912. The van der Waals surface area contributed by atoms with E-state index < -0.39 is 20.0 Å². The lowest BCUT2D eigenvalue weighted by Gasteiger charge is -2.28. The smallest absolute Gasteiger partial charge is 0.306 e. The van der Waals surface area contributed by atoms with Crippen molar-refractivity contribution in [3.63, 3.8) is 0 Å². The summed E-state index contributed by atoms with van der Waals surface area (Å²) in [6.45, 7) is 16.9. The van der Waals surface area contributed by atoms with Crippen molar-refractivity contribution in [3.8, 4) is 0 Å². The summed E-state index contributed by atoms with van der Waals surface area (Å²) >= 11 is 0. The van der Waals surface area contributed by atoms with Gasteiger partial charge in [0.2, 0.25) is 0 Å². The number of rotatable bonds is 6. The second-order valence-electron chi connectivity index (χ2n) is 7.03. The fourth-order valence-electron chi connectivity index (χ4n) is 2.29. The summed E-state index contributed by atoms with van der Waals surface area (Å²) in [5.41, 5.74) is 0.942. The molecule has 5 heteroatoms. The predicted octanol–water partition coefficient (Wildman–Crippen LogP) is 3.35. The van der Waals surface area contributed by atoms with Crippen LogP contribution < -0.4 is 0 Å². The minimum atomic E-state index is -1.32. The summed E-state index contributed by atoms with van der Waals surface area (Å²) in [5, 5.41) is 0. The van der Waals surface area contributed by atoms with Crippen LogP contribution in [0.3, 0.4) is 0 Å². The molecule has 0 spiro atoms. The first kappa shape index (κ1) is 17.4. The minimum Gasteiger partial charge on any atom is -0.455 e. The molecule has 0 amide bonds. The largest absolute Gasteiger partial charge is 0.455 e. The molecule has 116 valence electrons. The van der Waals surface area contributed by atoms with Gasteiger partial charge in [0.25, 0.3) is 0 Å². The van der Waals surface area contributed by atoms with Gasteiger partial charge in [-0.15, -0.1) is 0 Å². The average Bonchev–Trinajstić information content (AvgIpc) is 2.63. The third-order valence-corrected chi connectivity index (χ3v) is 4.59. The minimum absolute atomic E-state index is 0.222. The van der Waals surface area contributed by atoms with Gasteiger partial charge in [-0.1, -0.05) is 33.1 Å². The molecule has 2 unspecified atom stereocenters. The van der Waals surface area contributed by atoms with Crippen molar-refractivity contribution >= 4 is 14.0 Å². The number of hydrogen-bond donors (Lipinski definition) is 0. The summed E-state index contributed by atoms with van der Waals surface area (Å²) in [5.74, 6) is -0.846. The standard InChI is InChI=1S/C15H28O4Si/c1-8-13(16)18-14(11(2)10-20(5,6)7)12-9-17-15(3,4)19-12/h12,14H,2,8-10H2,1,3-7H3. The van der Waals surface area contributed by atoms with Crippen molar-refractivity contribution in [3.05, 3.63) is 12.2 Å². The zero-order valence-corrected chi connectivity index (χ0v) is 14.6. The van der Waals surface area contributed by atoms with E-state index in [1.165, 1.54) is 0 Å². The molecule has 1 heterocycles.